The Morgan fingerprint density at radius 1 is 1.30 bits per heavy atom. The van der Waals surface area contributed by atoms with E-state index in [0.717, 1.165) is 23.2 Å². The summed E-state index contributed by atoms with van der Waals surface area (Å²) in [4.78, 5) is 27.9. The van der Waals surface area contributed by atoms with E-state index in [9.17, 15) is 14.0 Å². The van der Waals surface area contributed by atoms with Crippen LogP contribution in [-0.2, 0) is 10.2 Å². The van der Waals surface area contributed by atoms with Crippen molar-refractivity contribution in [1.29, 1.82) is 0 Å². The maximum absolute atomic E-state index is 14.4. The molecule has 2 aliphatic rings. The lowest BCUT2D eigenvalue weighted by Crippen LogP contribution is -2.48. The minimum absolute atomic E-state index is 0.0539. The number of aryl methyl sites for hydroxylation is 1. The van der Waals surface area contributed by atoms with Crippen molar-refractivity contribution in [2.75, 3.05) is 11.9 Å². The van der Waals surface area contributed by atoms with Crippen molar-refractivity contribution in [3.8, 4) is 0 Å². The number of anilines is 1. The Labute approximate surface area is 158 Å². The number of para-hydroxylation sites is 1. The van der Waals surface area contributed by atoms with Gasteiger partial charge in [-0.15, -0.1) is 0 Å². The number of rotatable bonds is 3. The Morgan fingerprint density at radius 3 is 2.81 bits per heavy atom. The van der Waals surface area contributed by atoms with Gasteiger partial charge in [0.25, 0.3) is 5.91 Å². The summed E-state index contributed by atoms with van der Waals surface area (Å²) < 4.78 is 14.4. The summed E-state index contributed by atoms with van der Waals surface area (Å²) >= 11 is 0. The fourth-order valence-electron chi connectivity index (χ4n) is 4.67. The van der Waals surface area contributed by atoms with Gasteiger partial charge in [-0.3, -0.25) is 9.59 Å². The number of carbonyl (C=O) groups is 2. The van der Waals surface area contributed by atoms with Gasteiger partial charge < -0.3 is 10.2 Å². The fraction of sp³-hybridized carbons (Fsp3) is 0.364. The highest BCUT2D eigenvalue weighted by Gasteiger charge is 2.58. The second kappa shape index (κ2) is 6.48. The minimum Gasteiger partial charge on any atom is -0.334 e. The average molecular weight is 366 g/mol. The molecule has 0 aliphatic carbocycles. The monoisotopic (exact) mass is 366 g/mol. The molecule has 140 valence electrons. The summed E-state index contributed by atoms with van der Waals surface area (Å²) in [6.45, 7) is 4.28. The maximum Gasteiger partial charge on any atom is 0.257 e. The molecule has 1 fully saturated rings. The number of hydrogen-bond acceptors (Lipinski definition) is 2. The number of likely N-dealkylation sites (tertiary alicyclic amines) is 1. The number of fused-ring (bicyclic) bond motifs is 2. The number of halogens is 1. The number of carbonyl (C=O) groups excluding carboxylic acids is 2. The molecule has 2 aliphatic heterocycles. The predicted octanol–water partition coefficient (Wildman–Crippen LogP) is 4.04. The molecule has 4 rings (SSSR count). The van der Waals surface area contributed by atoms with E-state index in [0.29, 0.717) is 19.4 Å². The average Bonchev–Trinajstić information content (AvgIpc) is 3.15. The lowest BCUT2D eigenvalue weighted by Gasteiger charge is -2.34. The molecular formula is C22H23FN2O2. The summed E-state index contributed by atoms with van der Waals surface area (Å²) in [6, 6.07) is 12.1. The predicted molar refractivity (Wildman–Crippen MR) is 102 cm³/mol. The van der Waals surface area contributed by atoms with E-state index < -0.39 is 11.2 Å². The van der Waals surface area contributed by atoms with E-state index in [1.807, 2.05) is 31.2 Å². The third-order valence-electron chi connectivity index (χ3n) is 5.93. The molecule has 27 heavy (non-hydrogen) atoms. The van der Waals surface area contributed by atoms with Gasteiger partial charge in [-0.2, -0.15) is 0 Å². The Kier molecular flexibility index (Phi) is 4.25. The smallest absolute Gasteiger partial charge is 0.257 e. The van der Waals surface area contributed by atoms with Gasteiger partial charge in [0.15, 0.2) is 0 Å². The van der Waals surface area contributed by atoms with Crippen LogP contribution in [0.15, 0.2) is 42.5 Å². The summed E-state index contributed by atoms with van der Waals surface area (Å²) in [5, 5.41) is 2.99. The van der Waals surface area contributed by atoms with Gasteiger partial charge in [0.2, 0.25) is 5.91 Å². The molecule has 0 radical (unpaired) electrons. The SMILES string of the molecule is CCC[C@@H]1N(C(=O)c2ccc(C)cc2F)CC[C@]12C(=O)Nc1ccccc12. The van der Waals surface area contributed by atoms with Gasteiger partial charge in [-0.1, -0.05) is 37.6 Å². The third-order valence-corrected chi connectivity index (χ3v) is 5.93. The number of nitrogens with one attached hydrogen (secondary N) is 1. The van der Waals surface area contributed by atoms with Crippen LogP contribution in [-0.4, -0.2) is 29.3 Å². The van der Waals surface area contributed by atoms with E-state index in [1.54, 1.807) is 24.0 Å². The van der Waals surface area contributed by atoms with Crippen molar-refractivity contribution >= 4 is 17.5 Å². The Morgan fingerprint density at radius 2 is 2.07 bits per heavy atom. The molecule has 0 bridgehead atoms. The molecule has 2 amide bonds. The molecule has 2 aromatic rings. The number of amides is 2. The van der Waals surface area contributed by atoms with Gasteiger partial charge in [-0.25, -0.2) is 4.39 Å². The summed E-state index contributed by atoms with van der Waals surface area (Å²) in [7, 11) is 0. The highest BCUT2D eigenvalue weighted by molar-refractivity contribution is 6.08. The molecule has 2 aromatic carbocycles. The van der Waals surface area contributed by atoms with Gasteiger partial charge >= 0.3 is 0 Å². The summed E-state index contributed by atoms with van der Waals surface area (Å²) in [6.07, 6.45) is 2.09. The van der Waals surface area contributed by atoms with E-state index in [4.69, 9.17) is 0 Å². The number of nitrogens with zero attached hydrogens (tertiary/aromatic N) is 1. The van der Waals surface area contributed by atoms with Crippen LogP contribution < -0.4 is 5.32 Å². The van der Waals surface area contributed by atoms with Crippen LogP contribution in [0.2, 0.25) is 0 Å². The van der Waals surface area contributed by atoms with Crippen LogP contribution in [0.3, 0.4) is 0 Å². The zero-order chi connectivity index (χ0) is 19.2. The first-order valence-electron chi connectivity index (χ1n) is 9.47. The van der Waals surface area contributed by atoms with Crippen LogP contribution in [0.5, 0.6) is 0 Å². The quantitative estimate of drug-likeness (QED) is 0.891. The molecule has 0 aromatic heterocycles. The normalized spacial score (nSPS) is 23.6. The van der Waals surface area contributed by atoms with Gasteiger partial charge in [0.05, 0.1) is 17.0 Å². The Hall–Kier alpha value is -2.69. The lowest BCUT2D eigenvalue weighted by molar-refractivity contribution is -0.121. The first-order valence-corrected chi connectivity index (χ1v) is 9.47. The van der Waals surface area contributed by atoms with E-state index in [1.165, 1.54) is 6.07 Å². The van der Waals surface area contributed by atoms with Crippen LogP contribution in [0, 0.1) is 12.7 Å². The van der Waals surface area contributed by atoms with E-state index in [2.05, 4.69) is 5.32 Å². The van der Waals surface area contributed by atoms with Crippen LogP contribution in [0.1, 0.15) is 47.7 Å². The molecule has 1 N–H and O–H groups in total. The second-order valence-electron chi connectivity index (χ2n) is 7.51. The number of benzene rings is 2. The van der Waals surface area contributed by atoms with Crippen LogP contribution in [0.25, 0.3) is 0 Å². The summed E-state index contributed by atoms with van der Waals surface area (Å²) in [5.41, 5.74) is 1.87. The van der Waals surface area contributed by atoms with Gasteiger partial charge in [0, 0.05) is 12.2 Å². The molecule has 1 saturated heterocycles. The van der Waals surface area contributed by atoms with Gasteiger partial charge in [0.1, 0.15) is 5.82 Å². The molecule has 5 heteroatoms. The summed E-state index contributed by atoms with van der Waals surface area (Å²) in [5.74, 6) is -0.894. The van der Waals surface area contributed by atoms with E-state index in [-0.39, 0.29) is 23.4 Å². The fourth-order valence-corrected chi connectivity index (χ4v) is 4.67. The van der Waals surface area contributed by atoms with Crippen molar-refractivity contribution in [1.82, 2.24) is 4.90 Å². The van der Waals surface area contributed by atoms with Crippen molar-refractivity contribution in [2.45, 2.75) is 44.6 Å². The van der Waals surface area contributed by atoms with E-state index >= 15 is 0 Å². The van der Waals surface area contributed by atoms with Gasteiger partial charge in [-0.05, 0) is 49.1 Å². The van der Waals surface area contributed by atoms with Crippen LogP contribution >= 0.6 is 0 Å². The first-order chi connectivity index (χ1) is 13.0. The number of hydrogen-bond donors (Lipinski definition) is 1. The highest BCUT2D eigenvalue weighted by Crippen LogP contribution is 2.49. The molecular weight excluding hydrogens is 343 g/mol. The zero-order valence-corrected chi connectivity index (χ0v) is 15.6. The second-order valence-corrected chi connectivity index (χ2v) is 7.51. The molecule has 4 nitrogen and oxygen atoms in total. The molecule has 2 atom stereocenters. The lowest BCUT2D eigenvalue weighted by atomic mass is 9.73. The standard InChI is InChI=1S/C22H23FN2O2/c1-3-6-19-22(16-7-4-5-8-18(16)24-21(22)27)11-12-25(19)20(26)15-10-9-14(2)13-17(15)23/h4-5,7-10,13,19H,3,6,11-12H2,1-2H3,(H,24,27)/t19-,22+/m0/s1. The molecule has 0 saturated carbocycles. The molecule has 0 unspecified atom stereocenters. The first kappa shape index (κ1) is 17.7. The molecule has 2 heterocycles. The largest absolute Gasteiger partial charge is 0.334 e. The third kappa shape index (κ3) is 2.56. The Bertz CT molecular complexity index is 926. The highest BCUT2D eigenvalue weighted by atomic mass is 19.1. The van der Waals surface area contributed by atoms with Crippen molar-refractivity contribution < 1.29 is 14.0 Å². The molecule has 1 spiro atoms. The van der Waals surface area contributed by atoms with Crippen molar-refractivity contribution in [3.63, 3.8) is 0 Å². The topological polar surface area (TPSA) is 49.4 Å². The minimum atomic E-state index is -0.747. The van der Waals surface area contributed by atoms with Crippen molar-refractivity contribution in [3.05, 3.63) is 65.0 Å². The Balaban J connectivity index is 1.76. The van der Waals surface area contributed by atoms with Crippen LogP contribution in [0.4, 0.5) is 10.1 Å². The maximum atomic E-state index is 14.4. The van der Waals surface area contributed by atoms with Crippen molar-refractivity contribution in [2.24, 2.45) is 0 Å². The zero-order valence-electron chi connectivity index (χ0n) is 15.6.